The number of nitrogen functional groups attached to an aromatic ring is 1. The number of fused-ring (bicyclic) bond motifs is 1. The van der Waals surface area contributed by atoms with Crippen molar-refractivity contribution in [1.82, 2.24) is 24.6 Å². The highest BCUT2D eigenvalue weighted by Gasteiger charge is 2.05. The molecule has 0 aromatic carbocycles. The molecule has 7 heteroatoms. The molecule has 0 spiro atoms. The second-order valence-corrected chi connectivity index (χ2v) is 4.23. The number of anilines is 2. The van der Waals surface area contributed by atoms with Gasteiger partial charge in [-0.15, -0.1) is 0 Å². The van der Waals surface area contributed by atoms with Crippen LogP contribution < -0.4 is 11.1 Å². The van der Waals surface area contributed by atoms with Gasteiger partial charge in [0.15, 0.2) is 5.65 Å². The Hall–Kier alpha value is -2.57. The Bertz CT molecular complexity index is 656. The molecule has 0 radical (unpaired) electrons. The summed E-state index contributed by atoms with van der Waals surface area (Å²) in [6.45, 7) is 0.833. The molecule has 3 rings (SSSR count). The van der Waals surface area contributed by atoms with Gasteiger partial charge in [-0.25, -0.2) is 9.97 Å². The molecule has 0 aliphatic carbocycles. The number of aromatic amines is 1. The lowest BCUT2D eigenvalue weighted by Crippen LogP contribution is -2.08. The molecule has 3 aromatic heterocycles. The van der Waals surface area contributed by atoms with E-state index >= 15 is 0 Å². The largest absolute Gasteiger partial charge is 0.394 e. The van der Waals surface area contributed by atoms with Gasteiger partial charge in [0.1, 0.15) is 11.6 Å². The summed E-state index contributed by atoms with van der Waals surface area (Å²) < 4.78 is 1.71. The molecule has 4 N–H and O–H groups in total. The molecule has 98 valence electrons. The molecule has 0 unspecified atom stereocenters. The third-order valence-electron chi connectivity index (χ3n) is 2.88. The summed E-state index contributed by atoms with van der Waals surface area (Å²) in [6, 6.07) is 1.88. The molecule has 0 atom stereocenters. The lowest BCUT2D eigenvalue weighted by Gasteiger charge is -2.07. The number of nitrogens with zero attached hydrogens (tertiary/aromatic N) is 4. The van der Waals surface area contributed by atoms with E-state index in [4.69, 9.17) is 5.73 Å². The van der Waals surface area contributed by atoms with E-state index in [1.54, 1.807) is 23.1 Å². The molecule has 0 aliphatic rings. The Kier molecular flexibility index (Phi) is 3.01. The predicted molar refractivity (Wildman–Crippen MR) is 72.8 cm³/mol. The maximum atomic E-state index is 5.78. The summed E-state index contributed by atoms with van der Waals surface area (Å²) in [5.41, 5.74) is 7.04. The average molecular weight is 257 g/mol. The smallest absolute Gasteiger partial charge is 0.180 e. The van der Waals surface area contributed by atoms with Crippen LogP contribution in [0, 0.1) is 0 Å². The number of aryl methyl sites for hydroxylation is 1. The Morgan fingerprint density at radius 2 is 2.26 bits per heavy atom. The van der Waals surface area contributed by atoms with Gasteiger partial charge in [0, 0.05) is 31.6 Å². The average Bonchev–Trinajstić information content (AvgIpc) is 3.06. The molecule has 3 aromatic rings. The van der Waals surface area contributed by atoms with E-state index in [-0.39, 0.29) is 0 Å². The van der Waals surface area contributed by atoms with Crippen LogP contribution in [0.2, 0.25) is 0 Å². The maximum absolute atomic E-state index is 5.78. The zero-order valence-corrected chi connectivity index (χ0v) is 10.4. The second-order valence-electron chi connectivity index (χ2n) is 4.23. The zero-order chi connectivity index (χ0) is 13.1. The second kappa shape index (κ2) is 4.97. The molecule has 0 amide bonds. The van der Waals surface area contributed by atoms with Crippen LogP contribution in [-0.2, 0) is 6.42 Å². The van der Waals surface area contributed by atoms with E-state index in [1.165, 1.54) is 0 Å². The first kappa shape index (κ1) is 11.5. The van der Waals surface area contributed by atoms with Crippen molar-refractivity contribution in [1.29, 1.82) is 0 Å². The molecule has 7 nitrogen and oxygen atoms in total. The monoisotopic (exact) mass is 257 g/mol. The summed E-state index contributed by atoms with van der Waals surface area (Å²) in [7, 11) is 0. The minimum atomic E-state index is 0.583. The van der Waals surface area contributed by atoms with Gasteiger partial charge in [-0.3, -0.25) is 0 Å². The van der Waals surface area contributed by atoms with Crippen molar-refractivity contribution in [3.8, 4) is 0 Å². The quantitative estimate of drug-likeness (QED) is 0.594. The Morgan fingerprint density at radius 1 is 1.32 bits per heavy atom. The van der Waals surface area contributed by atoms with Gasteiger partial charge in [0.05, 0.1) is 11.9 Å². The molecule has 3 heterocycles. The number of nitrogens with two attached hydrogens (primary N) is 1. The van der Waals surface area contributed by atoms with Crippen molar-refractivity contribution in [3.05, 3.63) is 36.7 Å². The van der Waals surface area contributed by atoms with Crippen LogP contribution in [0.5, 0.6) is 0 Å². The first-order valence-electron chi connectivity index (χ1n) is 6.15. The maximum Gasteiger partial charge on any atom is 0.180 e. The molecule has 0 aliphatic heterocycles. The highest BCUT2D eigenvalue weighted by molar-refractivity contribution is 5.65. The van der Waals surface area contributed by atoms with E-state index in [9.17, 15) is 0 Å². The van der Waals surface area contributed by atoms with E-state index in [0.29, 0.717) is 11.3 Å². The van der Waals surface area contributed by atoms with Crippen molar-refractivity contribution in [3.63, 3.8) is 0 Å². The van der Waals surface area contributed by atoms with Crippen molar-refractivity contribution in [2.75, 3.05) is 17.6 Å². The van der Waals surface area contributed by atoms with Gasteiger partial charge < -0.3 is 16.0 Å². The van der Waals surface area contributed by atoms with Crippen LogP contribution in [0.15, 0.2) is 30.9 Å². The van der Waals surface area contributed by atoms with Gasteiger partial charge in [0.2, 0.25) is 0 Å². The van der Waals surface area contributed by atoms with Gasteiger partial charge in [0.25, 0.3) is 0 Å². The summed E-state index contributed by atoms with van der Waals surface area (Å²) in [5, 5.41) is 7.52. The number of nitrogens with one attached hydrogen (secondary N) is 2. The number of H-pyrrole nitrogens is 1. The fourth-order valence-corrected chi connectivity index (χ4v) is 1.95. The van der Waals surface area contributed by atoms with Gasteiger partial charge >= 0.3 is 0 Å². The summed E-state index contributed by atoms with van der Waals surface area (Å²) in [4.78, 5) is 11.5. The van der Waals surface area contributed by atoms with E-state index in [1.807, 2.05) is 12.3 Å². The van der Waals surface area contributed by atoms with E-state index in [2.05, 4.69) is 25.4 Å². The number of aromatic nitrogens is 5. The van der Waals surface area contributed by atoms with Crippen LogP contribution in [0.25, 0.3) is 5.65 Å². The minimum absolute atomic E-state index is 0.583. The Morgan fingerprint density at radius 3 is 3.11 bits per heavy atom. The van der Waals surface area contributed by atoms with Crippen LogP contribution in [0.3, 0.4) is 0 Å². The van der Waals surface area contributed by atoms with E-state index in [0.717, 1.165) is 31.0 Å². The SMILES string of the molecule is Nc1cnn2c(NCCCc3ncc[nH]3)ccnc12. The third-order valence-corrected chi connectivity index (χ3v) is 2.88. The molecule has 0 saturated carbocycles. The number of hydrogen-bond donors (Lipinski definition) is 3. The Balaban J connectivity index is 1.62. The number of hydrogen-bond acceptors (Lipinski definition) is 5. The Labute approximate surface area is 109 Å². The number of rotatable bonds is 5. The van der Waals surface area contributed by atoms with Gasteiger partial charge in [-0.05, 0) is 12.5 Å². The topological polar surface area (TPSA) is 96.9 Å². The van der Waals surface area contributed by atoms with Crippen molar-refractivity contribution < 1.29 is 0 Å². The van der Waals surface area contributed by atoms with Crippen LogP contribution in [-0.4, -0.2) is 31.1 Å². The predicted octanol–water partition coefficient (Wildman–Crippen LogP) is 1.08. The lowest BCUT2D eigenvalue weighted by atomic mass is 10.3. The summed E-state index contributed by atoms with van der Waals surface area (Å²) >= 11 is 0. The molecule has 19 heavy (non-hydrogen) atoms. The first-order chi connectivity index (χ1) is 9.34. The standard InChI is InChI=1S/C12H15N7/c13-9-8-18-19-11(3-5-17-12(9)19)16-4-1-2-10-14-6-7-15-10/h3,5-8,16H,1-2,4,13H2,(H,14,15). The van der Waals surface area contributed by atoms with Crippen molar-refractivity contribution in [2.45, 2.75) is 12.8 Å². The van der Waals surface area contributed by atoms with Crippen molar-refractivity contribution >= 4 is 17.2 Å². The fourth-order valence-electron chi connectivity index (χ4n) is 1.95. The summed E-state index contributed by atoms with van der Waals surface area (Å²) in [5.74, 6) is 1.89. The van der Waals surface area contributed by atoms with Gasteiger partial charge in [-0.1, -0.05) is 0 Å². The lowest BCUT2D eigenvalue weighted by molar-refractivity contribution is 0.806. The van der Waals surface area contributed by atoms with Gasteiger partial charge in [-0.2, -0.15) is 9.61 Å². The minimum Gasteiger partial charge on any atom is -0.394 e. The third kappa shape index (κ3) is 2.35. The highest BCUT2D eigenvalue weighted by Crippen LogP contribution is 2.14. The highest BCUT2D eigenvalue weighted by atomic mass is 15.3. The van der Waals surface area contributed by atoms with E-state index < -0.39 is 0 Å². The normalized spacial score (nSPS) is 10.9. The first-order valence-corrected chi connectivity index (χ1v) is 6.15. The van der Waals surface area contributed by atoms with Crippen LogP contribution >= 0.6 is 0 Å². The fraction of sp³-hybridized carbons (Fsp3) is 0.250. The molecule has 0 bridgehead atoms. The zero-order valence-electron chi connectivity index (χ0n) is 10.4. The molecular formula is C12H15N7. The molecule has 0 fully saturated rings. The molecule has 0 saturated heterocycles. The number of imidazole rings is 1. The molecular weight excluding hydrogens is 242 g/mol. The van der Waals surface area contributed by atoms with Crippen molar-refractivity contribution in [2.24, 2.45) is 0 Å². The summed E-state index contributed by atoms with van der Waals surface area (Å²) in [6.07, 6.45) is 8.82. The van der Waals surface area contributed by atoms with Crippen LogP contribution in [0.4, 0.5) is 11.5 Å². The van der Waals surface area contributed by atoms with Crippen LogP contribution in [0.1, 0.15) is 12.2 Å².